The quantitative estimate of drug-likeness (QED) is 0.880. The highest BCUT2D eigenvalue weighted by Crippen LogP contribution is 2.23. The Hall–Kier alpha value is -1.81. The van der Waals surface area contributed by atoms with Crippen LogP contribution in [0.15, 0.2) is 36.7 Å². The number of hydrogen-bond acceptors (Lipinski definition) is 3. The Kier molecular flexibility index (Phi) is 3.99. The maximum atomic E-state index is 5.92. The highest BCUT2D eigenvalue weighted by molar-refractivity contribution is 5.35. The fraction of sp³-hybridized carbons (Fsp3) is 0.357. The number of ether oxygens (including phenoxy) is 1. The summed E-state index contributed by atoms with van der Waals surface area (Å²) in [6.07, 6.45) is 3.75. The first-order chi connectivity index (χ1) is 8.72. The van der Waals surface area contributed by atoms with Crippen LogP contribution >= 0.6 is 0 Å². The Morgan fingerprint density at radius 1 is 1.39 bits per heavy atom. The summed E-state index contributed by atoms with van der Waals surface area (Å²) in [5.74, 6) is 1.76. The third kappa shape index (κ3) is 2.71. The number of rotatable bonds is 5. The summed E-state index contributed by atoms with van der Waals surface area (Å²) >= 11 is 0. The molecule has 0 saturated heterocycles. The summed E-state index contributed by atoms with van der Waals surface area (Å²) < 4.78 is 7.89. The lowest BCUT2D eigenvalue weighted by Crippen LogP contribution is -2.10. The third-order valence-corrected chi connectivity index (χ3v) is 2.91. The van der Waals surface area contributed by atoms with E-state index in [1.807, 2.05) is 37.4 Å². The van der Waals surface area contributed by atoms with Crippen molar-refractivity contribution in [2.75, 3.05) is 0 Å². The van der Waals surface area contributed by atoms with Crippen LogP contribution in [0.3, 0.4) is 0 Å². The zero-order valence-corrected chi connectivity index (χ0v) is 10.8. The largest absolute Gasteiger partial charge is 0.485 e. The first-order valence-electron chi connectivity index (χ1n) is 6.19. The van der Waals surface area contributed by atoms with E-state index in [1.165, 1.54) is 0 Å². The minimum atomic E-state index is -0.0351. The fourth-order valence-corrected chi connectivity index (χ4v) is 1.90. The molecular weight excluding hydrogens is 226 g/mol. The van der Waals surface area contributed by atoms with Gasteiger partial charge in [-0.1, -0.05) is 18.2 Å². The molecule has 0 spiro atoms. The average molecular weight is 245 g/mol. The molecule has 2 N–H and O–H groups in total. The van der Waals surface area contributed by atoms with Gasteiger partial charge in [-0.3, -0.25) is 0 Å². The molecule has 0 fully saturated rings. The topological polar surface area (TPSA) is 53.1 Å². The van der Waals surface area contributed by atoms with Crippen molar-refractivity contribution in [1.82, 2.24) is 9.55 Å². The molecule has 96 valence electrons. The standard InChI is InChI=1S/C14H19N3O/c1-3-17-9-8-16-14(17)10-18-13-7-5-4-6-12(13)11(2)15/h4-9,11H,3,10,15H2,1-2H3/t11-/m1/s1. The third-order valence-electron chi connectivity index (χ3n) is 2.91. The van der Waals surface area contributed by atoms with Crippen LogP contribution in [0.5, 0.6) is 5.75 Å². The Morgan fingerprint density at radius 2 is 2.17 bits per heavy atom. The van der Waals surface area contributed by atoms with Crippen molar-refractivity contribution in [3.8, 4) is 5.75 Å². The highest BCUT2D eigenvalue weighted by Gasteiger charge is 2.08. The first-order valence-corrected chi connectivity index (χ1v) is 6.19. The van der Waals surface area contributed by atoms with Gasteiger partial charge >= 0.3 is 0 Å². The Balaban J connectivity index is 2.11. The van der Waals surface area contributed by atoms with Gasteiger partial charge in [-0.25, -0.2) is 4.98 Å². The SMILES string of the molecule is CCn1ccnc1COc1ccccc1[C@@H](C)N. The maximum Gasteiger partial charge on any atom is 0.146 e. The van der Waals surface area contributed by atoms with E-state index in [4.69, 9.17) is 10.5 Å². The van der Waals surface area contributed by atoms with Crippen LogP contribution in [-0.2, 0) is 13.2 Å². The summed E-state index contributed by atoms with van der Waals surface area (Å²) in [7, 11) is 0. The van der Waals surface area contributed by atoms with Crippen molar-refractivity contribution in [3.05, 3.63) is 48.0 Å². The maximum absolute atomic E-state index is 5.92. The van der Waals surface area contributed by atoms with E-state index in [9.17, 15) is 0 Å². The number of aromatic nitrogens is 2. The van der Waals surface area contributed by atoms with E-state index >= 15 is 0 Å². The molecule has 4 heteroatoms. The minimum absolute atomic E-state index is 0.0351. The lowest BCUT2D eigenvalue weighted by atomic mass is 10.1. The van der Waals surface area contributed by atoms with Gasteiger partial charge in [0.05, 0.1) is 0 Å². The van der Waals surface area contributed by atoms with E-state index in [-0.39, 0.29) is 6.04 Å². The summed E-state index contributed by atoms with van der Waals surface area (Å²) in [6.45, 7) is 5.40. The van der Waals surface area contributed by atoms with Crippen LogP contribution in [-0.4, -0.2) is 9.55 Å². The average Bonchev–Trinajstić information content (AvgIpc) is 2.84. The molecular formula is C14H19N3O. The van der Waals surface area contributed by atoms with Crippen molar-refractivity contribution >= 4 is 0 Å². The normalized spacial score (nSPS) is 12.4. The van der Waals surface area contributed by atoms with E-state index in [2.05, 4.69) is 16.5 Å². The predicted octanol–water partition coefficient (Wildman–Crippen LogP) is 2.50. The zero-order chi connectivity index (χ0) is 13.0. The molecule has 0 radical (unpaired) electrons. The molecule has 0 aliphatic heterocycles. The molecule has 1 aromatic carbocycles. The monoisotopic (exact) mass is 245 g/mol. The van der Waals surface area contributed by atoms with Gasteiger partial charge in [-0.15, -0.1) is 0 Å². The van der Waals surface area contributed by atoms with Crippen molar-refractivity contribution in [2.24, 2.45) is 5.73 Å². The number of imidazole rings is 1. The van der Waals surface area contributed by atoms with E-state index in [1.54, 1.807) is 6.20 Å². The summed E-state index contributed by atoms with van der Waals surface area (Å²) in [6, 6.07) is 7.82. The molecule has 1 heterocycles. The van der Waals surface area contributed by atoms with E-state index < -0.39 is 0 Å². The van der Waals surface area contributed by atoms with Crippen LogP contribution in [0.25, 0.3) is 0 Å². The first kappa shape index (κ1) is 12.6. The second kappa shape index (κ2) is 5.69. The molecule has 1 atom stereocenters. The fourth-order valence-electron chi connectivity index (χ4n) is 1.90. The number of benzene rings is 1. The van der Waals surface area contributed by atoms with E-state index in [0.717, 1.165) is 23.7 Å². The van der Waals surface area contributed by atoms with Gasteiger partial charge in [0, 0.05) is 30.5 Å². The molecule has 18 heavy (non-hydrogen) atoms. The number of nitrogens with zero attached hydrogens (tertiary/aromatic N) is 2. The lowest BCUT2D eigenvalue weighted by Gasteiger charge is -2.14. The van der Waals surface area contributed by atoms with Crippen molar-refractivity contribution in [3.63, 3.8) is 0 Å². The van der Waals surface area contributed by atoms with Gasteiger partial charge in [0.15, 0.2) is 0 Å². The second-order valence-electron chi connectivity index (χ2n) is 4.24. The molecule has 0 amide bonds. The van der Waals surface area contributed by atoms with Crippen LogP contribution in [0, 0.1) is 0 Å². The Morgan fingerprint density at radius 3 is 2.89 bits per heavy atom. The minimum Gasteiger partial charge on any atom is -0.485 e. The number of hydrogen-bond donors (Lipinski definition) is 1. The van der Waals surface area contributed by atoms with Gasteiger partial charge in [-0.05, 0) is 19.9 Å². The predicted molar refractivity (Wildman–Crippen MR) is 71.3 cm³/mol. The van der Waals surface area contributed by atoms with Gasteiger partial charge in [0.25, 0.3) is 0 Å². The van der Waals surface area contributed by atoms with Crippen molar-refractivity contribution in [1.29, 1.82) is 0 Å². The number of para-hydroxylation sites is 1. The van der Waals surface area contributed by atoms with Gasteiger partial charge in [-0.2, -0.15) is 0 Å². The molecule has 0 saturated carbocycles. The van der Waals surface area contributed by atoms with Crippen molar-refractivity contribution in [2.45, 2.75) is 33.0 Å². The number of aryl methyl sites for hydroxylation is 1. The highest BCUT2D eigenvalue weighted by atomic mass is 16.5. The molecule has 0 bridgehead atoms. The summed E-state index contributed by atoms with van der Waals surface area (Å²) in [4.78, 5) is 4.28. The lowest BCUT2D eigenvalue weighted by molar-refractivity contribution is 0.285. The molecule has 0 aliphatic carbocycles. The van der Waals surface area contributed by atoms with Crippen LogP contribution in [0.1, 0.15) is 31.3 Å². The zero-order valence-electron chi connectivity index (χ0n) is 10.8. The molecule has 2 rings (SSSR count). The molecule has 4 nitrogen and oxygen atoms in total. The van der Waals surface area contributed by atoms with Crippen LogP contribution in [0.4, 0.5) is 0 Å². The van der Waals surface area contributed by atoms with Crippen LogP contribution in [0.2, 0.25) is 0 Å². The van der Waals surface area contributed by atoms with E-state index in [0.29, 0.717) is 6.61 Å². The van der Waals surface area contributed by atoms with Crippen LogP contribution < -0.4 is 10.5 Å². The van der Waals surface area contributed by atoms with Gasteiger partial charge < -0.3 is 15.0 Å². The molecule has 1 aromatic heterocycles. The Labute approximate surface area is 107 Å². The van der Waals surface area contributed by atoms with Gasteiger partial charge in [0.1, 0.15) is 18.2 Å². The smallest absolute Gasteiger partial charge is 0.146 e. The van der Waals surface area contributed by atoms with Gasteiger partial charge in [0.2, 0.25) is 0 Å². The van der Waals surface area contributed by atoms with Crippen molar-refractivity contribution < 1.29 is 4.74 Å². The second-order valence-corrected chi connectivity index (χ2v) is 4.24. The molecule has 0 unspecified atom stereocenters. The summed E-state index contributed by atoms with van der Waals surface area (Å²) in [5.41, 5.74) is 6.94. The summed E-state index contributed by atoms with van der Waals surface area (Å²) in [5, 5.41) is 0. The molecule has 2 aromatic rings. The number of nitrogens with two attached hydrogens (primary N) is 1. The molecule has 0 aliphatic rings. The Bertz CT molecular complexity index is 505.